The Kier molecular flexibility index (Phi) is 9.19. The predicted molar refractivity (Wildman–Crippen MR) is 304 cm³/mol. The number of para-hydroxylation sites is 5. The molecule has 0 aliphatic carbocycles. The smallest absolute Gasteiger partial charge is 0.160 e. The third-order valence-corrected chi connectivity index (χ3v) is 14.8. The van der Waals surface area contributed by atoms with Gasteiger partial charge in [-0.2, -0.15) is 0 Å². The molecule has 0 atom stereocenters. The highest BCUT2D eigenvalue weighted by Crippen LogP contribution is 2.40. The number of fused-ring (bicyclic) bond motifs is 10. The van der Waals surface area contributed by atoms with Crippen molar-refractivity contribution >= 4 is 76.2 Å². The van der Waals surface area contributed by atoms with Gasteiger partial charge < -0.3 is 13.7 Å². The molecule has 5 heteroatoms. The maximum atomic E-state index is 5.43. The minimum absolute atomic E-state index is 0.669. The van der Waals surface area contributed by atoms with Gasteiger partial charge in [0.25, 0.3) is 0 Å². The standard InChI is InChI=1S/C68H43N5/c1-2-18-46(19-3-1)68-69-60(45-33-36-49(37-34-45)71-66-32-15-10-26-58(66)59-41-47(35-38-67(59)71)53-27-16-20-44-17-4-5-21-52(44)53)43-61(70-68)48-39-50(72-62-28-11-6-22-54(62)55-23-7-12-29-63(55)72)42-51(40-48)73-64-30-13-8-24-56(64)57-25-9-14-31-65(57)73/h1-43H. The highest BCUT2D eigenvalue weighted by Gasteiger charge is 2.20. The molecule has 0 radical (unpaired) electrons. The second-order valence-electron chi connectivity index (χ2n) is 19.0. The van der Waals surface area contributed by atoms with Crippen LogP contribution in [0.5, 0.6) is 0 Å². The summed E-state index contributed by atoms with van der Waals surface area (Å²) in [6, 6.07) is 94.1. The van der Waals surface area contributed by atoms with Crippen molar-refractivity contribution in [2.75, 3.05) is 0 Å². The van der Waals surface area contributed by atoms with E-state index in [1.807, 2.05) is 6.07 Å². The average Bonchev–Trinajstić information content (AvgIpc) is 4.11. The van der Waals surface area contributed by atoms with Crippen molar-refractivity contribution in [1.82, 2.24) is 23.7 Å². The normalized spacial score (nSPS) is 11.8. The largest absolute Gasteiger partial charge is 0.309 e. The molecule has 0 saturated carbocycles. The van der Waals surface area contributed by atoms with Gasteiger partial charge in [0.15, 0.2) is 5.82 Å². The number of nitrogens with zero attached hydrogens (tertiary/aromatic N) is 5. The molecule has 0 N–H and O–H groups in total. The fourth-order valence-electron chi connectivity index (χ4n) is 11.5. The van der Waals surface area contributed by atoms with Crippen molar-refractivity contribution in [3.05, 3.63) is 261 Å². The molecule has 340 valence electrons. The molecule has 15 aromatic rings. The average molecular weight is 930 g/mol. The Balaban J connectivity index is 0.914. The molecule has 11 aromatic carbocycles. The Hall–Kier alpha value is -9.84. The Morgan fingerprint density at radius 3 is 1.22 bits per heavy atom. The van der Waals surface area contributed by atoms with E-state index in [2.05, 4.69) is 268 Å². The summed E-state index contributed by atoms with van der Waals surface area (Å²) in [5.41, 5.74) is 17.2. The van der Waals surface area contributed by atoms with Gasteiger partial charge in [0.05, 0.1) is 44.5 Å². The molecule has 15 rings (SSSR count). The lowest BCUT2D eigenvalue weighted by atomic mass is 9.97. The van der Waals surface area contributed by atoms with Crippen LogP contribution < -0.4 is 0 Å². The molecule has 5 nitrogen and oxygen atoms in total. The molecule has 0 spiro atoms. The summed E-state index contributed by atoms with van der Waals surface area (Å²) < 4.78 is 7.20. The van der Waals surface area contributed by atoms with Gasteiger partial charge in [0, 0.05) is 66.1 Å². The van der Waals surface area contributed by atoms with E-state index in [4.69, 9.17) is 9.97 Å². The van der Waals surface area contributed by atoms with Gasteiger partial charge in [-0.15, -0.1) is 0 Å². The van der Waals surface area contributed by atoms with E-state index in [1.54, 1.807) is 0 Å². The van der Waals surface area contributed by atoms with Crippen LogP contribution in [0, 0.1) is 0 Å². The highest BCUT2D eigenvalue weighted by molar-refractivity contribution is 6.13. The van der Waals surface area contributed by atoms with Gasteiger partial charge in [-0.3, -0.25) is 0 Å². The van der Waals surface area contributed by atoms with Gasteiger partial charge in [-0.1, -0.05) is 182 Å². The zero-order chi connectivity index (χ0) is 48.0. The van der Waals surface area contributed by atoms with Crippen molar-refractivity contribution in [2.45, 2.75) is 0 Å². The van der Waals surface area contributed by atoms with E-state index in [0.717, 1.165) is 78.2 Å². The summed E-state index contributed by atoms with van der Waals surface area (Å²) in [5.74, 6) is 0.669. The Morgan fingerprint density at radius 2 is 0.658 bits per heavy atom. The summed E-state index contributed by atoms with van der Waals surface area (Å²) in [4.78, 5) is 10.8. The fourth-order valence-corrected chi connectivity index (χ4v) is 11.5. The summed E-state index contributed by atoms with van der Waals surface area (Å²) in [6.07, 6.45) is 0. The molecule has 4 heterocycles. The number of rotatable bonds is 7. The van der Waals surface area contributed by atoms with Gasteiger partial charge in [-0.25, -0.2) is 9.97 Å². The van der Waals surface area contributed by atoms with Crippen molar-refractivity contribution in [1.29, 1.82) is 0 Å². The van der Waals surface area contributed by atoms with Crippen LogP contribution in [0.15, 0.2) is 261 Å². The van der Waals surface area contributed by atoms with Gasteiger partial charge in [0.2, 0.25) is 0 Å². The molecule has 0 bridgehead atoms. The lowest BCUT2D eigenvalue weighted by molar-refractivity contribution is 1.13. The summed E-state index contributed by atoms with van der Waals surface area (Å²) >= 11 is 0. The van der Waals surface area contributed by atoms with E-state index in [0.29, 0.717) is 5.82 Å². The van der Waals surface area contributed by atoms with Crippen LogP contribution in [0.2, 0.25) is 0 Å². The molecule has 73 heavy (non-hydrogen) atoms. The number of aromatic nitrogens is 5. The quantitative estimate of drug-likeness (QED) is 0.160. The Labute approximate surface area is 420 Å². The first-order valence-corrected chi connectivity index (χ1v) is 24.9. The van der Waals surface area contributed by atoms with E-state index >= 15 is 0 Å². The van der Waals surface area contributed by atoms with Crippen LogP contribution in [0.4, 0.5) is 0 Å². The minimum Gasteiger partial charge on any atom is -0.309 e. The van der Waals surface area contributed by atoms with Crippen molar-refractivity contribution in [2.24, 2.45) is 0 Å². The van der Waals surface area contributed by atoms with Crippen LogP contribution in [0.1, 0.15) is 0 Å². The molecule has 0 fully saturated rings. The Morgan fingerprint density at radius 1 is 0.233 bits per heavy atom. The highest BCUT2D eigenvalue weighted by atomic mass is 15.0. The van der Waals surface area contributed by atoms with Gasteiger partial charge in [-0.05, 0) is 101 Å². The van der Waals surface area contributed by atoms with Crippen LogP contribution in [-0.4, -0.2) is 23.7 Å². The number of hydrogen-bond acceptors (Lipinski definition) is 2. The van der Waals surface area contributed by atoms with Crippen molar-refractivity contribution in [3.63, 3.8) is 0 Å². The minimum atomic E-state index is 0.669. The maximum absolute atomic E-state index is 5.43. The lowest BCUT2D eigenvalue weighted by Crippen LogP contribution is -2.01. The number of hydrogen-bond donors (Lipinski definition) is 0. The summed E-state index contributed by atoms with van der Waals surface area (Å²) in [6.45, 7) is 0. The first-order valence-electron chi connectivity index (χ1n) is 24.9. The molecular weight excluding hydrogens is 887 g/mol. The molecular formula is C68H43N5. The fraction of sp³-hybridized carbons (Fsp3) is 0. The van der Waals surface area contributed by atoms with E-state index in [1.165, 1.54) is 54.2 Å². The van der Waals surface area contributed by atoms with E-state index < -0.39 is 0 Å². The molecule has 4 aromatic heterocycles. The third-order valence-electron chi connectivity index (χ3n) is 14.8. The molecule has 0 aliphatic rings. The van der Waals surface area contributed by atoms with Gasteiger partial charge in [0.1, 0.15) is 0 Å². The van der Waals surface area contributed by atoms with Crippen molar-refractivity contribution in [3.8, 4) is 62.1 Å². The topological polar surface area (TPSA) is 40.6 Å². The van der Waals surface area contributed by atoms with Crippen molar-refractivity contribution < 1.29 is 0 Å². The molecule has 0 amide bonds. The summed E-state index contributed by atoms with van der Waals surface area (Å²) in [5, 5.41) is 9.81. The summed E-state index contributed by atoms with van der Waals surface area (Å²) in [7, 11) is 0. The zero-order valence-corrected chi connectivity index (χ0v) is 39.6. The number of benzene rings is 11. The van der Waals surface area contributed by atoms with Crippen LogP contribution >= 0.6 is 0 Å². The van der Waals surface area contributed by atoms with E-state index in [9.17, 15) is 0 Å². The van der Waals surface area contributed by atoms with Gasteiger partial charge >= 0.3 is 0 Å². The molecule has 0 unspecified atom stereocenters. The first kappa shape index (κ1) is 41.0. The first-order chi connectivity index (χ1) is 36.2. The molecule has 0 saturated heterocycles. The van der Waals surface area contributed by atoms with E-state index in [-0.39, 0.29) is 0 Å². The zero-order valence-electron chi connectivity index (χ0n) is 39.6. The van der Waals surface area contributed by atoms with Crippen LogP contribution in [0.3, 0.4) is 0 Å². The SMILES string of the molecule is c1ccc(-c2nc(-c3ccc(-n4c5ccccc5c5cc(-c6cccc7ccccc67)ccc54)cc3)cc(-c3cc(-n4c5ccccc5c5ccccc54)cc(-n4c5ccccc5c5ccccc54)c3)n2)cc1. The maximum Gasteiger partial charge on any atom is 0.160 e. The predicted octanol–water partition coefficient (Wildman–Crippen LogP) is 17.6. The second-order valence-corrected chi connectivity index (χ2v) is 19.0. The third kappa shape index (κ3) is 6.56. The Bertz CT molecular complexity index is 4430. The lowest BCUT2D eigenvalue weighted by Gasteiger charge is -2.16. The van der Waals surface area contributed by atoms with Crippen LogP contribution in [-0.2, 0) is 0 Å². The monoisotopic (exact) mass is 929 g/mol. The van der Waals surface area contributed by atoms with Crippen LogP contribution in [0.25, 0.3) is 138 Å². The molecule has 0 aliphatic heterocycles. The second kappa shape index (κ2) is 16.4.